The Morgan fingerprint density at radius 1 is 1.17 bits per heavy atom. The van der Waals surface area contributed by atoms with Gasteiger partial charge in [0, 0.05) is 6.42 Å². The number of hydrogen-bond donors (Lipinski definition) is 1. The van der Waals surface area contributed by atoms with Crippen molar-refractivity contribution < 1.29 is 37.3 Å². The van der Waals surface area contributed by atoms with Crippen LogP contribution in [0.3, 0.4) is 0 Å². The van der Waals surface area contributed by atoms with Gasteiger partial charge in [-0.2, -0.15) is 13.2 Å². The number of Topliss-reactive ketones (excluding diaryl/α,β-unsaturated/α-hetero) is 1. The second-order valence-corrected chi connectivity index (χ2v) is 4.78. The number of aliphatic hydroxyl groups is 1. The maximum absolute atomic E-state index is 13.3. The molecule has 23 heavy (non-hydrogen) atoms. The molecular weight excluding hydrogens is 317 g/mol. The van der Waals surface area contributed by atoms with Gasteiger partial charge in [0.2, 0.25) is 0 Å². The molecular formula is C15H17F3O5. The lowest BCUT2D eigenvalue weighted by Crippen LogP contribution is -2.44. The van der Waals surface area contributed by atoms with E-state index >= 15 is 0 Å². The standard InChI is InChI=1S/C15H17F3O5/c1-3-23-13(20)8-11(19)9-14(21,15(16,17)18)10-4-6-12(22-2)7-5-10/h4-7,21H,3,8-9H2,1-2H3/t14-/m1/s1. The van der Waals surface area contributed by atoms with Crippen LogP contribution in [0.1, 0.15) is 25.3 Å². The lowest BCUT2D eigenvalue weighted by atomic mass is 9.87. The molecule has 128 valence electrons. The zero-order valence-corrected chi connectivity index (χ0v) is 12.6. The van der Waals surface area contributed by atoms with Gasteiger partial charge in [-0.25, -0.2) is 0 Å². The Labute approximate surface area is 131 Å². The smallest absolute Gasteiger partial charge is 0.421 e. The Morgan fingerprint density at radius 2 is 1.74 bits per heavy atom. The van der Waals surface area contributed by atoms with Gasteiger partial charge in [-0.15, -0.1) is 0 Å². The Kier molecular flexibility index (Phi) is 6.14. The second kappa shape index (κ2) is 7.45. The van der Waals surface area contributed by atoms with Crippen LogP contribution in [0.25, 0.3) is 0 Å². The van der Waals surface area contributed by atoms with Crippen molar-refractivity contribution in [2.24, 2.45) is 0 Å². The lowest BCUT2D eigenvalue weighted by Gasteiger charge is -2.30. The van der Waals surface area contributed by atoms with Crippen molar-refractivity contribution in [1.29, 1.82) is 0 Å². The molecule has 1 aromatic rings. The van der Waals surface area contributed by atoms with Crippen molar-refractivity contribution in [1.82, 2.24) is 0 Å². The van der Waals surface area contributed by atoms with E-state index in [2.05, 4.69) is 4.74 Å². The number of rotatable bonds is 7. The highest BCUT2D eigenvalue weighted by atomic mass is 19.4. The van der Waals surface area contributed by atoms with Crippen molar-refractivity contribution in [2.75, 3.05) is 13.7 Å². The molecule has 1 N–H and O–H groups in total. The topological polar surface area (TPSA) is 72.8 Å². The first-order valence-electron chi connectivity index (χ1n) is 6.75. The van der Waals surface area contributed by atoms with Gasteiger partial charge < -0.3 is 14.6 Å². The SMILES string of the molecule is CCOC(=O)CC(=O)C[C@@](O)(c1ccc(OC)cc1)C(F)(F)F. The summed E-state index contributed by atoms with van der Waals surface area (Å²) in [6, 6.07) is 4.51. The fourth-order valence-corrected chi connectivity index (χ4v) is 1.95. The molecule has 5 nitrogen and oxygen atoms in total. The van der Waals surface area contributed by atoms with Crippen LogP contribution >= 0.6 is 0 Å². The Bertz CT molecular complexity index is 553. The normalized spacial score (nSPS) is 14.0. The number of alkyl halides is 3. The molecule has 0 fully saturated rings. The number of ether oxygens (including phenoxy) is 2. The molecule has 0 aliphatic carbocycles. The largest absolute Gasteiger partial charge is 0.497 e. The summed E-state index contributed by atoms with van der Waals surface area (Å²) in [5.74, 6) is -1.70. The maximum Gasteiger partial charge on any atom is 0.421 e. The predicted molar refractivity (Wildman–Crippen MR) is 73.8 cm³/mol. The monoisotopic (exact) mass is 334 g/mol. The highest BCUT2D eigenvalue weighted by Gasteiger charge is 2.55. The summed E-state index contributed by atoms with van der Waals surface area (Å²) in [5.41, 5.74) is -3.90. The number of ketones is 1. The van der Waals surface area contributed by atoms with Crippen molar-refractivity contribution in [2.45, 2.75) is 31.5 Å². The van der Waals surface area contributed by atoms with Gasteiger partial charge >= 0.3 is 12.1 Å². The molecule has 1 rings (SSSR count). The van der Waals surface area contributed by atoms with Crippen molar-refractivity contribution in [3.63, 3.8) is 0 Å². The van der Waals surface area contributed by atoms with E-state index in [0.29, 0.717) is 5.75 Å². The molecule has 0 bridgehead atoms. The van der Waals surface area contributed by atoms with Crippen molar-refractivity contribution >= 4 is 11.8 Å². The van der Waals surface area contributed by atoms with E-state index in [9.17, 15) is 27.9 Å². The molecule has 0 aliphatic rings. The number of hydrogen-bond acceptors (Lipinski definition) is 5. The van der Waals surface area contributed by atoms with Crippen molar-refractivity contribution in [3.05, 3.63) is 29.8 Å². The fraction of sp³-hybridized carbons (Fsp3) is 0.467. The third-order valence-corrected chi connectivity index (χ3v) is 3.14. The minimum Gasteiger partial charge on any atom is -0.497 e. The third kappa shape index (κ3) is 4.69. The van der Waals surface area contributed by atoms with E-state index in [1.54, 1.807) is 0 Å². The molecule has 0 aromatic heterocycles. The van der Waals surface area contributed by atoms with Crippen LogP contribution in [0.2, 0.25) is 0 Å². The summed E-state index contributed by atoms with van der Waals surface area (Å²) in [5, 5.41) is 10.1. The minimum atomic E-state index is -5.09. The summed E-state index contributed by atoms with van der Waals surface area (Å²) in [4.78, 5) is 22.9. The van der Waals surface area contributed by atoms with Crippen molar-refractivity contribution in [3.8, 4) is 5.75 Å². The van der Waals surface area contributed by atoms with Gasteiger partial charge in [-0.3, -0.25) is 9.59 Å². The summed E-state index contributed by atoms with van der Waals surface area (Å²) in [6.45, 7) is 1.51. The van der Waals surface area contributed by atoms with E-state index in [4.69, 9.17) is 4.74 Å². The predicted octanol–water partition coefficient (Wildman–Crippen LogP) is 2.36. The molecule has 1 atom stereocenters. The van der Waals surface area contributed by atoms with Gasteiger partial charge in [0.1, 0.15) is 18.0 Å². The highest BCUT2D eigenvalue weighted by molar-refractivity contribution is 5.96. The van der Waals surface area contributed by atoms with E-state index in [1.165, 1.54) is 26.2 Å². The molecule has 1 aromatic carbocycles. The fourth-order valence-electron chi connectivity index (χ4n) is 1.95. The molecule has 0 radical (unpaired) electrons. The number of benzene rings is 1. The van der Waals surface area contributed by atoms with Crippen LogP contribution in [0.4, 0.5) is 13.2 Å². The second-order valence-electron chi connectivity index (χ2n) is 4.78. The van der Waals surface area contributed by atoms with Gasteiger partial charge in [-0.1, -0.05) is 12.1 Å². The third-order valence-electron chi connectivity index (χ3n) is 3.14. The molecule has 8 heteroatoms. The Balaban J connectivity index is 3.03. The summed E-state index contributed by atoms with van der Waals surface area (Å²) in [6.07, 6.45) is -7.20. The Morgan fingerprint density at radius 3 is 2.17 bits per heavy atom. The first-order chi connectivity index (χ1) is 10.6. The minimum absolute atomic E-state index is 0.00807. The molecule has 0 heterocycles. The number of carbonyl (C=O) groups excluding carboxylic acids is 2. The van der Waals surface area contributed by atoms with Crippen LogP contribution in [0.5, 0.6) is 5.75 Å². The molecule has 0 spiro atoms. The average molecular weight is 334 g/mol. The zero-order valence-electron chi connectivity index (χ0n) is 12.6. The van der Waals surface area contributed by atoms with Gasteiger partial charge in [0.15, 0.2) is 5.60 Å². The van der Waals surface area contributed by atoms with E-state index in [-0.39, 0.29) is 6.61 Å². The number of halogens is 3. The molecule has 0 amide bonds. The summed E-state index contributed by atoms with van der Waals surface area (Å²) >= 11 is 0. The molecule has 0 aliphatic heterocycles. The van der Waals surface area contributed by atoms with E-state index in [1.807, 2.05) is 0 Å². The average Bonchev–Trinajstić information content (AvgIpc) is 2.46. The quantitative estimate of drug-likeness (QED) is 0.612. The van der Waals surface area contributed by atoms with Crippen LogP contribution < -0.4 is 4.74 Å². The molecule has 0 saturated heterocycles. The van der Waals surface area contributed by atoms with Crippen LogP contribution in [-0.4, -0.2) is 36.8 Å². The Hall–Kier alpha value is -2.09. The lowest BCUT2D eigenvalue weighted by molar-refractivity contribution is -0.267. The first kappa shape index (κ1) is 19.0. The number of methoxy groups -OCH3 is 1. The van der Waals surface area contributed by atoms with Gasteiger partial charge in [0.05, 0.1) is 13.7 Å². The molecule has 0 saturated carbocycles. The zero-order chi connectivity index (χ0) is 17.7. The van der Waals surface area contributed by atoms with E-state index in [0.717, 1.165) is 12.1 Å². The van der Waals surface area contributed by atoms with Crippen LogP contribution in [0.15, 0.2) is 24.3 Å². The van der Waals surface area contributed by atoms with Crippen LogP contribution in [-0.2, 0) is 19.9 Å². The number of esters is 1. The molecule has 0 unspecified atom stereocenters. The summed E-state index contributed by atoms with van der Waals surface area (Å²) < 4.78 is 49.2. The first-order valence-corrected chi connectivity index (χ1v) is 6.75. The summed E-state index contributed by atoms with van der Waals surface area (Å²) in [7, 11) is 1.34. The maximum atomic E-state index is 13.3. The van der Waals surface area contributed by atoms with Gasteiger partial charge in [-0.05, 0) is 24.6 Å². The number of carbonyl (C=O) groups is 2. The van der Waals surface area contributed by atoms with Crippen LogP contribution in [0, 0.1) is 0 Å². The van der Waals surface area contributed by atoms with E-state index < -0.39 is 41.9 Å². The van der Waals surface area contributed by atoms with Gasteiger partial charge in [0.25, 0.3) is 0 Å². The highest BCUT2D eigenvalue weighted by Crippen LogP contribution is 2.42.